The molecule has 1 heterocycles. The highest BCUT2D eigenvalue weighted by atomic mass is 19.4. The fourth-order valence-electron chi connectivity index (χ4n) is 2.76. The van der Waals surface area contributed by atoms with Gasteiger partial charge in [-0.15, -0.1) is 0 Å². The number of aliphatic hydroxyl groups is 1. The summed E-state index contributed by atoms with van der Waals surface area (Å²) in [5.74, 6) is -0.0408. The minimum atomic E-state index is -4.38. The number of nitrogens with one attached hydrogen (secondary N) is 1. The lowest BCUT2D eigenvalue weighted by molar-refractivity contribution is -0.137. The molecule has 0 aliphatic carbocycles. The van der Waals surface area contributed by atoms with E-state index in [1.165, 1.54) is 6.07 Å². The van der Waals surface area contributed by atoms with Crippen molar-refractivity contribution in [2.75, 3.05) is 13.1 Å². The molecule has 2 atom stereocenters. The van der Waals surface area contributed by atoms with Gasteiger partial charge in [0.05, 0.1) is 11.2 Å². The molecule has 1 saturated heterocycles. The predicted octanol–water partition coefficient (Wildman–Crippen LogP) is 2.91. The monoisotopic (exact) mass is 273 g/mol. The van der Waals surface area contributed by atoms with Gasteiger partial charge in [0, 0.05) is 12.5 Å². The van der Waals surface area contributed by atoms with Crippen LogP contribution < -0.4 is 5.32 Å². The Kier molecular flexibility index (Phi) is 3.87. The van der Waals surface area contributed by atoms with Gasteiger partial charge in [0.2, 0.25) is 0 Å². The van der Waals surface area contributed by atoms with Crippen LogP contribution in [0, 0.1) is 5.92 Å². The molecule has 0 aromatic heterocycles. The topological polar surface area (TPSA) is 32.3 Å². The first-order chi connectivity index (χ1) is 8.88. The maximum Gasteiger partial charge on any atom is 0.416 e. The van der Waals surface area contributed by atoms with E-state index in [1.54, 1.807) is 13.0 Å². The van der Waals surface area contributed by atoms with Crippen LogP contribution in [0.5, 0.6) is 0 Å². The smallest absolute Gasteiger partial charge is 0.385 e. The van der Waals surface area contributed by atoms with Crippen molar-refractivity contribution < 1.29 is 18.3 Å². The van der Waals surface area contributed by atoms with E-state index >= 15 is 0 Å². The lowest BCUT2D eigenvalue weighted by Crippen LogP contribution is -2.36. The fourth-order valence-corrected chi connectivity index (χ4v) is 2.76. The third kappa shape index (κ3) is 2.77. The van der Waals surface area contributed by atoms with Crippen LogP contribution in [0.3, 0.4) is 0 Å². The van der Waals surface area contributed by atoms with Gasteiger partial charge in [-0.25, -0.2) is 0 Å². The van der Waals surface area contributed by atoms with Gasteiger partial charge in [-0.2, -0.15) is 13.2 Å². The molecule has 19 heavy (non-hydrogen) atoms. The van der Waals surface area contributed by atoms with E-state index in [0.29, 0.717) is 18.5 Å². The molecule has 0 bridgehead atoms. The summed E-state index contributed by atoms with van der Waals surface area (Å²) in [6, 6.07) is 5.05. The lowest BCUT2D eigenvalue weighted by Gasteiger charge is -2.33. The van der Waals surface area contributed by atoms with Gasteiger partial charge < -0.3 is 10.4 Å². The van der Waals surface area contributed by atoms with E-state index in [2.05, 4.69) is 5.32 Å². The van der Waals surface area contributed by atoms with Crippen molar-refractivity contribution in [3.8, 4) is 0 Å². The zero-order chi connectivity index (χ0) is 14.1. The molecule has 2 nitrogen and oxygen atoms in total. The molecule has 0 amide bonds. The Hall–Kier alpha value is -1.07. The second-order valence-corrected chi connectivity index (χ2v) is 5.05. The second kappa shape index (κ2) is 5.13. The molecule has 2 N–H and O–H groups in total. The Morgan fingerprint density at radius 2 is 2.00 bits per heavy atom. The Morgan fingerprint density at radius 3 is 2.53 bits per heavy atom. The number of benzene rings is 1. The van der Waals surface area contributed by atoms with E-state index in [1.807, 2.05) is 0 Å². The van der Waals surface area contributed by atoms with Crippen LogP contribution in [0.25, 0.3) is 0 Å². The van der Waals surface area contributed by atoms with Crippen LogP contribution in [-0.2, 0) is 11.8 Å². The van der Waals surface area contributed by atoms with Crippen molar-refractivity contribution in [2.45, 2.75) is 31.5 Å². The molecule has 2 rings (SSSR count). The van der Waals surface area contributed by atoms with E-state index in [0.717, 1.165) is 25.1 Å². The number of hydrogen-bond donors (Lipinski definition) is 2. The number of halogens is 3. The minimum Gasteiger partial charge on any atom is -0.385 e. The largest absolute Gasteiger partial charge is 0.416 e. The Morgan fingerprint density at radius 1 is 1.32 bits per heavy atom. The average molecular weight is 273 g/mol. The summed E-state index contributed by atoms with van der Waals surface area (Å²) < 4.78 is 38.2. The van der Waals surface area contributed by atoms with Crippen LogP contribution in [-0.4, -0.2) is 18.2 Å². The SMILES string of the molecule is CC[C@@](O)(c1cccc(C(F)(F)F)c1)[C@H]1CCNC1. The Labute approximate surface area is 110 Å². The van der Waals surface area contributed by atoms with E-state index in [4.69, 9.17) is 0 Å². The molecule has 0 radical (unpaired) electrons. The number of rotatable bonds is 3. The third-order valence-corrected chi connectivity index (χ3v) is 3.96. The van der Waals surface area contributed by atoms with Crippen LogP contribution in [0.1, 0.15) is 30.9 Å². The average Bonchev–Trinajstić information content (AvgIpc) is 2.91. The second-order valence-electron chi connectivity index (χ2n) is 5.05. The summed E-state index contributed by atoms with van der Waals surface area (Å²) in [5.41, 5.74) is -1.54. The van der Waals surface area contributed by atoms with Crippen LogP contribution in [0.4, 0.5) is 13.2 Å². The molecule has 5 heteroatoms. The Bertz CT molecular complexity index is 441. The highest BCUT2D eigenvalue weighted by molar-refractivity contribution is 5.31. The summed E-state index contributed by atoms with van der Waals surface area (Å²) in [6.45, 7) is 3.24. The van der Waals surface area contributed by atoms with Crippen molar-refractivity contribution in [1.29, 1.82) is 0 Å². The first-order valence-electron chi connectivity index (χ1n) is 6.48. The van der Waals surface area contributed by atoms with Crippen molar-refractivity contribution in [3.63, 3.8) is 0 Å². The molecule has 1 aromatic carbocycles. The number of hydrogen-bond acceptors (Lipinski definition) is 2. The standard InChI is InChI=1S/C14H18F3NO/c1-2-13(19,12-6-7-18-9-12)10-4-3-5-11(8-10)14(15,16)17/h3-5,8,12,18-19H,2,6-7,9H2,1H3/t12-,13+/m0/s1. The summed E-state index contributed by atoms with van der Waals surface area (Å²) >= 11 is 0. The first kappa shape index (κ1) is 14.3. The quantitative estimate of drug-likeness (QED) is 0.887. The summed E-state index contributed by atoms with van der Waals surface area (Å²) in [5, 5.41) is 13.9. The van der Waals surface area contributed by atoms with Gasteiger partial charge in [0.15, 0.2) is 0 Å². The van der Waals surface area contributed by atoms with Gasteiger partial charge in [0.25, 0.3) is 0 Å². The highest BCUT2D eigenvalue weighted by Gasteiger charge is 2.40. The minimum absolute atomic E-state index is 0.0408. The normalized spacial score (nSPS) is 23.3. The van der Waals surface area contributed by atoms with Gasteiger partial charge >= 0.3 is 6.18 Å². The van der Waals surface area contributed by atoms with Crippen LogP contribution in [0.15, 0.2) is 24.3 Å². The molecule has 1 aromatic rings. The molecule has 106 valence electrons. The molecule has 0 saturated carbocycles. The highest BCUT2D eigenvalue weighted by Crippen LogP contribution is 2.39. The van der Waals surface area contributed by atoms with E-state index < -0.39 is 17.3 Å². The van der Waals surface area contributed by atoms with Gasteiger partial charge in [-0.3, -0.25) is 0 Å². The van der Waals surface area contributed by atoms with E-state index in [-0.39, 0.29) is 5.92 Å². The van der Waals surface area contributed by atoms with Crippen molar-refractivity contribution >= 4 is 0 Å². The summed E-state index contributed by atoms with van der Waals surface area (Å²) in [6.07, 6.45) is -3.19. The Balaban J connectivity index is 2.38. The lowest BCUT2D eigenvalue weighted by atomic mass is 9.78. The molecular weight excluding hydrogens is 255 g/mol. The van der Waals surface area contributed by atoms with Crippen molar-refractivity contribution in [1.82, 2.24) is 5.32 Å². The zero-order valence-corrected chi connectivity index (χ0v) is 10.8. The fraction of sp³-hybridized carbons (Fsp3) is 0.571. The zero-order valence-electron chi connectivity index (χ0n) is 10.8. The molecule has 1 aliphatic rings. The van der Waals surface area contributed by atoms with E-state index in [9.17, 15) is 18.3 Å². The molecular formula is C14H18F3NO. The maximum absolute atomic E-state index is 12.7. The van der Waals surface area contributed by atoms with Crippen LogP contribution >= 0.6 is 0 Å². The van der Waals surface area contributed by atoms with Gasteiger partial charge in [0.1, 0.15) is 0 Å². The maximum atomic E-state index is 12.7. The van der Waals surface area contributed by atoms with Crippen molar-refractivity contribution in [2.24, 2.45) is 5.92 Å². The molecule has 1 fully saturated rings. The van der Waals surface area contributed by atoms with Gasteiger partial charge in [-0.1, -0.05) is 19.1 Å². The van der Waals surface area contributed by atoms with Crippen molar-refractivity contribution in [3.05, 3.63) is 35.4 Å². The first-order valence-corrected chi connectivity index (χ1v) is 6.48. The summed E-state index contributed by atoms with van der Waals surface area (Å²) in [4.78, 5) is 0. The van der Waals surface area contributed by atoms with Gasteiger partial charge in [-0.05, 0) is 37.1 Å². The molecule has 0 spiro atoms. The molecule has 1 aliphatic heterocycles. The number of alkyl halides is 3. The molecule has 0 unspecified atom stereocenters. The predicted molar refractivity (Wildman–Crippen MR) is 66.6 cm³/mol. The summed E-state index contributed by atoms with van der Waals surface area (Å²) in [7, 11) is 0. The third-order valence-electron chi connectivity index (χ3n) is 3.96. The van der Waals surface area contributed by atoms with Crippen LogP contribution in [0.2, 0.25) is 0 Å².